The number of hydrogen-bond donors (Lipinski definition) is 2. The van der Waals surface area contributed by atoms with Gasteiger partial charge in [0.05, 0.1) is 5.02 Å². The maximum absolute atomic E-state index is 12.2. The molecule has 1 amide bonds. The smallest absolute Gasteiger partial charge is 0.247 e. The molecule has 1 unspecified atom stereocenters. The Bertz CT molecular complexity index is 833. The van der Waals surface area contributed by atoms with E-state index in [1.807, 2.05) is 42.5 Å². The van der Waals surface area contributed by atoms with E-state index in [1.165, 1.54) is 6.20 Å². The molecule has 5 heteroatoms. The van der Waals surface area contributed by atoms with E-state index in [2.05, 4.69) is 27.8 Å². The number of halogens is 1. The summed E-state index contributed by atoms with van der Waals surface area (Å²) in [5.74, 6) is 0.310. The molecule has 0 aliphatic heterocycles. The van der Waals surface area contributed by atoms with Gasteiger partial charge in [-0.05, 0) is 42.3 Å². The zero-order chi connectivity index (χ0) is 17.6. The maximum atomic E-state index is 12.2. The third-order valence-corrected chi connectivity index (χ3v) is 3.97. The van der Waals surface area contributed by atoms with Crippen molar-refractivity contribution in [2.45, 2.75) is 13.0 Å². The average molecular weight is 352 g/mol. The van der Waals surface area contributed by atoms with E-state index in [4.69, 9.17) is 11.6 Å². The van der Waals surface area contributed by atoms with Crippen molar-refractivity contribution in [1.82, 2.24) is 4.98 Å². The molecule has 1 aromatic heterocycles. The lowest BCUT2D eigenvalue weighted by molar-refractivity contribution is -0.116. The van der Waals surface area contributed by atoms with Gasteiger partial charge in [0.25, 0.3) is 0 Å². The number of carbonyl (C=O) groups excluding carboxylic acids is 1. The molecule has 1 atom stereocenters. The SMILES string of the molecule is CC(Nc1ccc(-c2ccccc2)cc1)C(=O)Nc1ccc(Cl)cn1. The van der Waals surface area contributed by atoms with E-state index in [0.717, 1.165) is 16.8 Å². The molecular weight excluding hydrogens is 334 g/mol. The number of pyridine rings is 1. The van der Waals surface area contributed by atoms with Crippen LogP contribution in [0.25, 0.3) is 11.1 Å². The van der Waals surface area contributed by atoms with Crippen LogP contribution in [0.5, 0.6) is 0 Å². The second-order valence-electron chi connectivity index (χ2n) is 5.66. The van der Waals surface area contributed by atoms with Crippen LogP contribution in [0.3, 0.4) is 0 Å². The van der Waals surface area contributed by atoms with E-state index in [1.54, 1.807) is 19.1 Å². The van der Waals surface area contributed by atoms with Gasteiger partial charge in [0.15, 0.2) is 0 Å². The predicted molar refractivity (Wildman–Crippen MR) is 103 cm³/mol. The van der Waals surface area contributed by atoms with Gasteiger partial charge in [-0.1, -0.05) is 54.1 Å². The van der Waals surface area contributed by atoms with Gasteiger partial charge in [-0.15, -0.1) is 0 Å². The molecule has 0 saturated heterocycles. The quantitative estimate of drug-likeness (QED) is 0.691. The number of benzene rings is 2. The van der Waals surface area contributed by atoms with Gasteiger partial charge < -0.3 is 10.6 Å². The van der Waals surface area contributed by atoms with Crippen molar-refractivity contribution < 1.29 is 4.79 Å². The highest BCUT2D eigenvalue weighted by Crippen LogP contribution is 2.21. The number of hydrogen-bond acceptors (Lipinski definition) is 3. The average Bonchev–Trinajstić information content (AvgIpc) is 2.65. The van der Waals surface area contributed by atoms with Gasteiger partial charge in [0, 0.05) is 11.9 Å². The Balaban J connectivity index is 1.61. The lowest BCUT2D eigenvalue weighted by atomic mass is 10.1. The van der Waals surface area contributed by atoms with E-state index in [-0.39, 0.29) is 5.91 Å². The number of anilines is 2. The van der Waals surface area contributed by atoms with Crippen LogP contribution >= 0.6 is 11.6 Å². The molecule has 0 saturated carbocycles. The Labute approximate surface area is 151 Å². The van der Waals surface area contributed by atoms with Gasteiger partial charge in [-0.3, -0.25) is 4.79 Å². The van der Waals surface area contributed by atoms with Crippen molar-refractivity contribution in [3.05, 3.63) is 77.9 Å². The lowest BCUT2D eigenvalue weighted by Gasteiger charge is -2.15. The zero-order valence-electron chi connectivity index (χ0n) is 13.7. The van der Waals surface area contributed by atoms with Crippen LogP contribution in [0.2, 0.25) is 5.02 Å². The van der Waals surface area contributed by atoms with E-state index >= 15 is 0 Å². The molecule has 0 aliphatic rings. The summed E-state index contributed by atoms with van der Waals surface area (Å²) < 4.78 is 0. The molecule has 25 heavy (non-hydrogen) atoms. The molecular formula is C20H18ClN3O. The summed E-state index contributed by atoms with van der Waals surface area (Å²) in [4.78, 5) is 16.3. The van der Waals surface area contributed by atoms with Crippen LogP contribution in [0.15, 0.2) is 72.9 Å². The second-order valence-corrected chi connectivity index (χ2v) is 6.10. The fourth-order valence-electron chi connectivity index (χ4n) is 2.39. The first-order chi connectivity index (χ1) is 12.1. The molecule has 3 rings (SSSR count). The van der Waals surface area contributed by atoms with Crippen molar-refractivity contribution in [2.75, 3.05) is 10.6 Å². The molecule has 0 spiro atoms. The first-order valence-electron chi connectivity index (χ1n) is 7.96. The number of carbonyl (C=O) groups is 1. The van der Waals surface area contributed by atoms with E-state index in [9.17, 15) is 4.79 Å². The number of nitrogens with zero attached hydrogens (tertiary/aromatic N) is 1. The molecule has 3 aromatic rings. The molecule has 0 aliphatic carbocycles. The number of amides is 1. The van der Waals surface area contributed by atoms with Crippen LogP contribution in [-0.4, -0.2) is 16.9 Å². The maximum Gasteiger partial charge on any atom is 0.247 e. The summed E-state index contributed by atoms with van der Waals surface area (Å²) in [6.07, 6.45) is 1.50. The van der Waals surface area contributed by atoms with Crippen LogP contribution in [0.4, 0.5) is 11.5 Å². The van der Waals surface area contributed by atoms with Crippen molar-refractivity contribution >= 4 is 29.0 Å². The van der Waals surface area contributed by atoms with Gasteiger partial charge in [-0.25, -0.2) is 4.98 Å². The Morgan fingerprint density at radius 1 is 0.960 bits per heavy atom. The largest absolute Gasteiger partial charge is 0.374 e. The first kappa shape index (κ1) is 17.0. The van der Waals surface area contributed by atoms with Crippen LogP contribution < -0.4 is 10.6 Å². The first-order valence-corrected chi connectivity index (χ1v) is 8.34. The van der Waals surface area contributed by atoms with Crippen molar-refractivity contribution in [3.63, 3.8) is 0 Å². The highest BCUT2D eigenvalue weighted by Gasteiger charge is 2.13. The Kier molecular flexibility index (Phi) is 5.31. The summed E-state index contributed by atoms with van der Waals surface area (Å²) in [6, 6.07) is 21.1. The molecule has 126 valence electrons. The molecule has 2 N–H and O–H groups in total. The molecule has 1 heterocycles. The van der Waals surface area contributed by atoms with Crippen LogP contribution in [0, 0.1) is 0 Å². The molecule has 0 bridgehead atoms. The third-order valence-electron chi connectivity index (χ3n) is 3.75. The fourth-order valence-corrected chi connectivity index (χ4v) is 2.50. The van der Waals surface area contributed by atoms with E-state index < -0.39 is 6.04 Å². The molecule has 2 aromatic carbocycles. The molecule has 0 radical (unpaired) electrons. The molecule has 0 fully saturated rings. The summed E-state index contributed by atoms with van der Waals surface area (Å²) in [5, 5.41) is 6.47. The van der Waals surface area contributed by atoms with Crippen LogP contribution in [-0.2, 0) is 4.79 Å². The third kappa shape index (κ3) is 4.58. The van der Waals surface area contributed by atoms with Gasteiger partial charge in [-0.2, -0.15) is 0 Å². The topological polar surface area (TPSA) is 54.0 Å². The second kappa shape index (κ2) is 7.81. The highest BCUT2D eigenvalue weighted by atomic mass is 35.5. The summed E-state index contributed by atoms with van der Waals surface area (Å²) in [5.41, 5.74) is 3.17. The normalized spacial score (nSPS) is 11.6. The lowest BCUT2D eigenvalue weighted by Crippen LogP contribution is -2.32. The highest BCUT2D eigenvalue weighted by molar-refractivity contribution is 6.30. The van der Waals surface area contributed by atoms with E-state index in [0.29, 0.717) is 10.8 Å². The van der Waals surface area contributed by atoms with Crippen molar-refractivity contribution in [2.24, 2.45) is 0 Å². The summed E-state index contributed by atoms with van der Waals surface area (Å²) in [7, 11) is 0. The van der Waals surface area contributed by atoms with Gasteiger partial charge >= 0.3 is 0 Å². The van der Waals surface area contributed by atoms with Crippen LogP contribution in [0.1, 0.15) is 6.92 Å². The van der Waals surface area contributed by atoms with Gasteiger partial charge in [0.1, 0.15) is 11.9 Å². The minimum atomic E-state index is -0.403. The Morgan fingerprint density at radius 2 is 1.64 bits per heavy atom. The predicted octanol–water partition coefficient (Wildman–Crippen LogP) is 4.84. The minimum absolute atomic E-state index is 0.165. The summed E-state index contributed by atoms with van der Waals surface area (Å²) >= 11 is 5.79. The van der Waals surface area contributed by atoms with Crippen molar-refractivity contribution in [1.29, 1.82) is 0 Å². The minimum Gasteiger partial charge on any atom is -0.374 e. The fraction of sp³-hybridized carbons (Fsp3) is 0.100. The number of nitrogens with one attached hydrogen (secondary N) is 2. The number of rotatable bonds is 5. The Morgan fingerprint density at radius 3 is 2.28 bits per heavy atom. The van der Waals surface area contributed by atoms with Gasteiger partial charge in [0.2, 0.25) is 5.91 Å². The monoisotopic (exact) mass is 351 g/mol. The zero-order valence-corrected chi connectivity index (χ0v) is 14.5. The number of aromatic nitrogens is 1. The summed E-state index contributed by atoms with van der Waals surface area (Å²) in [6.45, 7) is 1.80. The standard InChI is InChI=1S/C20H18ClN3O/c1-14(20(25)24-19-12-9-17(21)13-22-19)23-18-10-7-16(8-11-18)15-5-3-2-4-6-15/h2-14,23H,1H3,(H,22,24,25). The van der Waals surface area contributed by atoms with Crippen molar-refractivity contribution in [3.8, 4) is 11.1 Å². The Hall–Kier alpha value is -2.85. The molecule has 4 nitrogen and oxygen atoms in total.